The Morgan fingerprint density at radius 3 is 2.80 bits per heavy atom. The minimum atomic E-state index is -3.76. The molecule has 1 fully saturated rings. The number of hydrogen-bond acceptors (Lipinski definition) is 7. The highest BCUT2D eigenvalue weighted by molar-refractivity contribution is 7.99. The van der Waals surface area contributed by atoms with E-state index in [1.165, 1.54) is 17.8 Å². The highest BCUT2D eigenvalue weighted by atomic mass is 32.2. The highest BCUT2D eigenvalue weighted by Gasteiger charge is 2.31. The van der Waals surface area contributed by atoms with Crippen LogP contribution in [0, 0.1) is 0 Å². The van der Waals surface area contributed by atoms with Gasteiger partial charge in [-0.15, -0.1) is 21.5 Å². The average molecular weight is 462 g/mol. The number of hydrogen-bond donors (Lipinski definition) is 1. The van der Waals surface area contributed by atoms with Crippen LogP contribution in [0.2, 0.25) is 0 Å². The van der Waals surface area contributed by atoms with Gasteiger partial charge in [0.25, 0.3) is 0 Å². The lowest BCUT2D eigenvalue weighted by atomic mass is 10.2. The number of fused-ring (bicyclic) bond motifs is 1. The van der Waals surface area contributed by atoms with Crippen molar-refractivity contribution < 1.29 is 13.2 Å². The van der Waals surface area contributed by atoms with Crippen molar-refractivity contribution in [3.05, 3.63) is 41.3 Å². The van der Waals surface area contributed by atoms with Crippen molar-refractivity contribution in [3.8, 4) is 10.7 Å². The molecule has 11 heteroatoms. The minimum absolute atomic E-state index is 0.0369. The Labute approximate surface area is 182 Å². The van der Waals surface area contributed by atoms with E-state index in [1.54, 1.807) is 28.4 Å². The second-order valence-electron chi connectivity index (χ2n) is 7.30. The van der Waals surface area contributed by atoms with Gasteiger partial charge in [0.15, 0.2) is 11.0 Å². The molecule has 0 saturated heterocycles. The fourth-order valence-corrected chi connectivity index (χ4v) is 5.78. The number of aromatic nitrogens is 3. The fourth-order valence-electron chi connectivity index (χ4n) is 3.63. The fraction of sp³-hybridized carbons (Fsp3) is 0.316. The van der Waals surface area contributed by atoms with Gasteiger partial charge in [-0.1, -0.05) is 17.8 Å². The van der Waals surface area contributed by atoms with E-state index in [1.807, 2.05) is 17.5 Å². The molecule has 2 N–H and O–H groups in total. The van der Waals surface area contributed by atoms with Crippen LogP contribution in [0.1, 0.15) is 24.4 Å². The summed E-state index contributed by atoms with van der Waals surface area (Å²) < 4.78 is 25.3. The summed E-state index contributed by atoms with van der Waals surface area (Å²) in [5, 5.41) is 16.7. The van der Waals surface area contributed by atoms with Crippen molar-refractivity contribution in [1.29, 1.82) is 0 Å². The summed E-state index contributed by atoms with van der Waals surface area (Å²) in [5.74, 6) is 1.07. The molecule has 1 aliphatic carbocycles. The summed E-state index contributed by atoms with van der Waals surface area (Å²) in [6.45, 7) is 0.526. The zero-order valence-electron chi connectivity index (χ0n) is 15.9. The van der Waals surface area contributed by atoms with Gasteiger partial charge in [-0.25, -0.2) is 13.6 Å². The molecule has 1 aromatic carbocycles. The average Bonchev–Trinajstić information content (AvgIpc) is 3.13. The van der Waals surface area contributed by atoms with Crippen LogP contribution >= 0.6 is 23.1 Å². The summed E-state index contributed by atoms with van der Waals surface area (Å²) in [6.07, 6.45) is 2.81. The molecule has 30 heavy (non-hydrogen) atoms. The van der Waals surface area contributed by atoms with E-state index in [4.69, 9.17) is 5.14 Å². The van der Waals surface area contributed by atoms with Gasteiger partial charge < -0.3 is 4.90 Å². The smallest absolute Gasteiger partial charge is 0.238 e. The van der Waals surface area contributed by atoms with Gasteiger partial charge in [0.05, 0.1) is 15.5 Å². The van der Waals surface area contributed by atoms with E-state index in [0.717, 1.165) is 40.0 Å². The molecule has 2 aliphatic rings. The van der Waals surface area contributed by atoms with Crippen LogP contribution in [0.25, 0.3) is 10.7 Å². The molecule has 3 aromatic rings. The molecule has 3 heterocycles. The van der Waals surface area contributed by atoms with Crippen molar-refractivity contribution in [3.63, 3.8) is 0 Å². The number of sulfonamides is 1. The topological polar surface area (TPSA) is 111 Å². The number of amides is 1. The number of nitrogens with zero attached hydrogens (tertiary/aromatic N) is 4. The first kappa shape index (κ1) is 19.7. The molecule has 5 rings (SSSR count). The summed E-state index contributed by atoms with van der Waals surface area (Å²) >= 11 is 3.03. The Bertz CT molecular complexity index is 1220. The van der Waals surface area contributed by atoms with Gasteiger partial charge >= 0.3 is 0 Å². The van der Waals surface area contributed by atoms with Crippen molar-refractivity contribution in [2.75, 3.05) is 17.2 Å². The number of thiophene rings is 1. The van der Waals surface area contributed by atoms with Crippen LogP contribution in [0.3, 0.4) is 0 Å². The second-order valence-corrected chi connectivity index (χ2v) is 10.8. The lowest BCUT2D eigenvalue weighted by Gasteiger charge is -2.17. The third kappa shape index (κ3) is 3.66. The van der Waals surface area contributed by atoms with E-state index in [-0.39, 0.29) is 16.6 Å². The highest BCUT2D eigenvalue weighted by Crippen LogP contribution is 2.42. The number of carbonyl (C=O) groups is 1. The SMILES string of the molecule is NS(=O)(=O)c1ccc2c(c1)CCN2C(=O)CSc1nnc(-c2cccs2)n1C1CC1. The molecule has 0 bridgehead atoms. The summed E-state index contributed by atoms with van der Waals surface area (Å²) in [5.41, 5.74) is 1.57. The standard InChI is InChI=1S/C19H19N5O3S3/c20-30(26,27)14-5-6-15-12(10-14)7-8-23(15)17(25)11-29-19-22-21-18(16-2-1-9-28-16)24(19)13-3-4-13/h1-2,5-6,9-10,13H,3-4,7-8,11H2,(H2,20,26,27). The van der Waals surface area contributed by atoms with E-state index in [0.29, 0.717) is 19.0 Å². The van der Waals surface area contributed by atoms with Gasteiger partial charge in [0.1, 0.15) is 0 Å². The van der Waals surface area contributed by atoms with Crippen molar-refractivity contribution >= 4 is 44.7 Å². The quantitative estimate of drug-likeness (QED) is 0.565. The summed E-state index contributed by atoms with van der Waals surface area (Å²) in [4.78, 5) is 15.8. The summed E-state index contributed by atoms with van der Waals surface area (Å²) in [6, 6.07) is 9.09. The van der Waals surface area contributed by atoms with Crippen molar-refractivity contribution in [1.82, 2.24) is 14.8 Å². The van der Waals surface area contributed by atoms with E-state index < -0.39 is 10.0 Å². The molecule has 1 aliphatic heterocycles. The molecule has 1 saturated carbocycles. The predicted octanol–water partition coefficient (Wildman–Crippen LogP) is 2.67. The second kappa shape index (κ2) is 7.49. The number of nitrogens with two attached hydrogens (primary N) is 1. The van der Waals surface area contributed by atoms with E-state index in [9.17, 15) is 13.2 Å². The van der Waals surface area contributed by atoms with Gasteiger partial charge in [-0.3, -0.25) is 9.36 Å². The molecule has 0 radical (unpaired) electrons. The Kier molecular flexibility index (Phi) is 4.92. The zero-order chi connectivity index (χ0) is 20.9. The molecular formula is C19H19N5O3S3. The maximum atomic E-state index is 12.9. The molecule has 0 atom stereocenters. The first-order valence-electron chi connectivity index (χ1n) is 9.49. The molecule has 8 nitrogen and oxygen atoms in total. The van der Waals surface area contributed by atoms with E-state index in [2.05, 4.69) is 14.8 Å². The lowest BCUT2D eigenvalue weighted by Crippen LogP contribution is -2.30. The monoisotopic (exact) mass is 461 g/mol. The third-order valence-corrected chi connectivity index (χ3v) is 7.92. The number of benzene rings is 1. The van der Waals surface area contributed by atoms with Crippen LogP contribution < -0.4 is 10.0 Å². The van der Waals surface area contributed by atoms with Crippen molar-refractivity contribution in [2.45, 2.75) is 35.4 Å². The van der Waals surface area contributed by atoms with Crippen LogP contribution in [-0.2, 0) is 21.2 Å². The van der Waals surface area contributed by atoms with Crippen LogP contribution in [0.15, 0.2) is 45.8 Å². The van der Waals surface area contributed by atoms with Crippen LogP contribution in [-0.4, -0.2) is 41.4 Å². The Balaban J connectivity index is 1.33. The largest absolute Gasteiger partial charge is 0.311 e. The molecule has 1 amide bonds. The summed E-state index contributed by atoms with van der Waals surface area (Å²) in [7, 11) is -3.76. The Morgan fingerprint density at radius 2 is 2.10 bits per heavy atom. The molecule has 156 valence electrons. The Hall–Kier alpha value is -2.21. The zero-order valence-corrected chi connectivity index (χ0v) is 18.3. The molecule has 0 spiro atoms. The lowest BCUT2D eigenvalue weighted by molar-refractivity contribution is -0.116. The molecule has 0 unspecified atom stereocenters. The maximum Gasteiger partial charge on any atom is 0.238 e. The van der Waals surface area contributed by atoms with Crippen molar-refractivity contribution in [2.24, 2.45) is 5.14 Å². The number of rotatable bonds is 6. The molecular weight excluding hydrogens is 442 g/mol. The van der Waals surface area contributed by atoms with Gasteiger partial charge in [0.2, 0.25) is 15.9 Å². The van der Waals surface area contributed by atoms with Gasteiger partial charge in [-0.05, 0) is 54.5 Å². The molecule has 2 aromatic heterocycles. The number of primary sulfonamides is 1. The minimum Gasteiger partial charge on any atom is -0.311 e. The maximum absolute atomic E-state index is 12.9. The predicted molar refractivity (Wildman–Crippen MR) is 116 cm³/mol. The number of anilines is 1. The third-order valence-electron chi connectivity index (χ3n) is 5.22. The number of carbonyl (C=O) groups excluding carboxylic acids is 1. The first-order chi connectivity index (χ1) is 14.4. The first-order valence-corrected chi connectivity index (χ1v) is 12.9. The van der Waals surface area contributed by atoms with Gasteiger partial charge in [-0.2, -0.15) is 0 Å². The van der Waals surface area contributed by atoms with Crippen LogP contribution in [0.5, 0.6) is 0 Å². The van der Waals surface area contributed by atoms with E-state index >= 15 is 0 Å². The van der Waals surface area contributed by atoms with Crippen LogP contribution in [0.4, 0.5) is 5.69 Å². The normalized spacial score (nSPS) is 16.1. The van der Waals surface area contributed by atoms with Gasteiger partial charge in [0, 0.05) is 18.3 Å². The number of thioether (sulfide) groups is 1. The Morgan fingerprint density at radius 1 is 1.27 bits per heavy atom.